The number of aromatic nitrogens is 1. The van der Waals surface area contributed by atoms with E-state index >= 15 is 0 Å². The summed E-state index contributed by atoms with van der Waals surface area (Å²) in [5.74, 6) is -0.428. The summed E-state index contributed by atoms with van der Waals surface area (Å²) in [4.78, 5) is 19.7. The number of hydrogen-bond donors (Lipinski definition) is 2. The number of rotatable bonds is 3. The van der Waals surface area contributed by atoms with E-state index in [1.807, 2.05) is 18.3 Å². The van der Waals surface area contributed by atoms with Crippen LogP contribution in [0.15, 0.2) is 30.6 Å². The van der Waals surface area contributed by atoms with Gasteiger partial charge in [0.05, 0.1) is 4.88 Å². The maximum atomic E-state index is 11.4. The lowest BCUT2D eigenvalue weighted by molar-refractivity contribution is 0.0711. The lowest BCUT2D eigenvalue weighted by Crippen LogP contribution is -2.29. The normalized spacial score (nSPS) is 14.8. The van der Waals surface area contributed by atoms with Crippen LogP contribution in [0.3, 0.4) is 0 Å². The minimum absolute atomic E-state index is 0.428. The van der Waals surface area contributed by atoms with Crippen molar-refractivity contribution in [3.05, 3.63) is 51.5 Å². The summed E-state index contributed by atoms with van der Waals surface area (Å²) in [7, 11) is 0. The third-order valence-corrected chi connectivity index (χ3v) is 4.58. The fourth-order valence-electron chi connectivity index (χ4n) is 2.42. The van der Waals surface area contributed by atoms with Gasteiger partial charge in [-0.25, -0.2) is 5.48 Å². The van der Waals surface area contributed by atoms with Crippen molar-refractivity contribution < 1.29 is 10.0 Å². The van der Waals surface area contributed by atoms with E-state index in [1.165, 1.54) is 27.3 Å². The summed E-state index contributed by atoms with van der Waals surface area (Å²) in [5, 5.41) is 8.69. The van der Waals surface area contributed by atoms with Crippen LogP contribution in [0.4, 0.5) is 0 Å². The Bertz CT molecular complexity index is 612. The van der Waals surface area contributed by atoms with E-state index in [1.54, 1.807) is 11.7 Å². The van der Waals surface area contributed by atoms with Crippen molar-refractivity contribution in [1.29, 1.82) is 0 Å². The first-order valence-electron chi connectivity index (χ1n) is 6.43. The Labute approximate surface area is 120 Å². The number of nitrogens with zero attached hydrogens (tertiary/aromatic N) is 2. The Morgan fingerprint density at radius 1 is 1.55 bits per heavy atom. The van der Waals surface area contributed by atoms with Gasteiger partial charge >= 0.3 is 0 Å². The molecule has 0 bridgehead atoms. The van der Waals surface area contributed by atoms with Crippen molar-refractivity contribution in [3.8, 4) is 0 Å². The van der Waals surface area contributed by atoms with Gasteiger partial charge in [0.2, 0.25) is 0 Å². The number of hydroxylamine groups is 1. The zero-order valence-electron chi connectivity index (χ0n) is 10.9. The number of carbonyl (C=O) groups is 1. The molecule has 0 fully saturated rings. The number of amides is 1. The predicted octanol–water partition coefficient (Wildman–Crippen LogP) is 1.82. The molecule has 0 saturated carbocycles. The van der Waals surface area contributed by atoms with Crippen molar-refractivity contribution in [1.82, 2.24) is 15.4 Å². The quantitative estimate of drug-likeness (QED) is 0.668. The second kappa shape index (κ2) is 5.70. The number of pyridine rings is 1. The Kier molecular flexibility index (Phi) is 3.77. The number of thiophene rings is 1. The number of fused-ring (bicyclic) bond motifs is 1. The lowest BCUT2D eigenvalue weighted by Gasteiger charge is -2.26. The Morgan fingerprint density at radius 2 is 2.45 bits per heavy atom. The second-order valence-electron chi connectivity index (χ2n) is 4.82. The molecule has 1 aliphatic rings. The van der Waals surface area contributed by atoms with Crippen LogP contribution >= 0.6 is 11.3 Å². The summed E-state index contributed by atoms with van der Waals surface area (Å²) in [6.45, 7) is 2.68. The van der Waals surface area contributed by atoms with Gasteiger partial charge in [0.1, 0.15) is 0 Å². The van der Waals surface area contributed by atoms with Crippen LogP contribution in [0.25, 0.3) is 0 Å². The smallest absolute Gasteiger partial charge is 0.284 e. The monoisotopic (exact) mass is 289 g/mol. The number of hydrogen-bond acceptors (Lipinski definition) is 5. The predicted molar refractivity (Wildman–Crippen MR) is 75.6 cm³/mol. The van der Waals surface area contributed by atoms with Crippen LogP contribution in [-0.2, 0) is 19.5 Å². The van der Waals surface area contributed by atoms with E-state index in [2.05, 4.69) is 16.0 Å². The Balaban J connectivity index is 1.72. The molecule has 20 heavy (non-hydrogen) atoms. The van der Waals surface area contributed by atoms with Crippen molar-refractivity contribution in [2.24, 2.45) is 0 Å². The molecule has 2 aromatic heterocycles. The first-order chi connectivity index (χ1) is 9.76. The fraction of sp³-hybridized carbons (Fsp3) is 0.286. The molecule has 2 N–H and O–H groups in total. The maximum Gasteiger partial charge on any atom is 0.284 e. The summed E-state index contributed by atoms with van der Waals surface area (Å²) in [5.41, 5.74) is 4.10. The summed E-state index contributed by atoms with van der Waals surface area (Å²) < 4.78 is 0. The van der Waals surface area contributed by atoms with E-state index in [-0.39, 0.29) is 0 Å². The first-order valence-corrected chi connectivity index (χ1v) is 7.25. The molecule has 5 nitrogen and oxygen atoms in total. The van der Waals surface area contributed by atoms with E-state index in [4.69, 9.17) is 5.21 Å². The average molecular weight is 289 g/mol. The Morgan fingerprint density at radius 3 is 3.20 bits per heavy atom. The second-order valence-corrected chi connectivity index (χ2v) is 5.96. The van der Waals surface area contributed by atoms with Crippen LogP contribution in [0.1, 0.15) is 25.7 Å². The fourth-order valence-corrected chi connectivity index (χ4v) is 3.57. The van der Waals surface area contributed by atoms with Gasteiger partial charge in [-0.15, -0.1) is 11.3 Å². The van der Waals surface area contributed by atoms with Gasteiger partial charge in [0.15, 0.2) is 0 Å². The van der Waals surface area contributed by atoms with Crippen LogP contribution < -0.4 is 5.48 Å². The lowest BCUT2D eigenvalue weighted by atomic mass is 10.1. The van der Waals surface area contributed by atoms with Crippen molar-refractivity contribution in [3.63, 3.8) is 0 Å². The topological polar surface area (TPSA) is 65.5 Å². The maximum absolute atomic E-state index is 11.4. The van der Waals surface area contributed by atoms with Gasteiger partial charge in [-0.2, -0.15) is 0 Å². The molecule has 0 saturated heterocycles. The van der Waals surface area contributed by atoms with Gasteiger partial charge in [-0.05, 0) is 29.7 Å². The minimum atomic E-state index is -0.428. The van der Waals surface area contributed by atoms with Gasteiger partial charge in [0, 0.05) is 36.9 Å². The molecule has 0 aliphatic carbocycles. The molecule has 0 unspecified atom stereocenters. The molecule has 0 atom stereocenters. The van der Waals surface area contributed by atoms with Gasteiger partial charge in [0.25, 0.3) is 5.91 Å². The third kappa shape index (κ3) is 2.72. The molecule has 3 rings (SSSR count). The van der Waals surface area contributed by atoms with Crippen LogP contribution in [-0.4, -0.2) is 27.5 Å². The van der Waals surface area contributed by atoms with Crippen molar-refractivity contribution in [2.75, 3.05) is 6.54 Å². The van der Waals surface area contributed by atoms with Gasteiger partial charge < -0.3 is 0 Å². The molecule has 0 spiro atoms. The molecule has 3 heterocycles. The first kappa shape index (κ1) is 13.2. The van der Waals surface area contributed by atoms with Crippen LogP contribution in [0.5, 0.6) is 0 Å². The summed E-state index contributed by atoms with van der Waals surface area (Å²) >= 11 is 1.45. The molecular weight excluding hydrogens is 274 g/mol. The molecule has 2 aromatic rings. The molecule has 104 valence electrons. The highest BCUT2D eigenvalue weighted by Crippen LogP contribution is 2.28. The molecular formula is C14H15N3O2S. The molecule has 6 heteroatoms. The van der Waals surface area contributed by atoms with Crippen LogP contribution in [0.2, 0.25) is 0 Å². The summed E-state index contributed by atoms with van der Waals surface area (Å²) in [6, 6.07) is 5.90. The van der Waals surface area contributed by atoms with Crippen molar-refractivity contribution in [2.45, 2.75) is 19.5 Å². The number of carbonyl (C=O) groups excluding carboxylic acids is 1. The summed E-state index contributed by atoms with van der Waals surface area (Å²) in [6.07, 6.45) is 4.59. The van der Waals surface area contributed by atoms with Crippen molar-refractivity contribution >= 4 is 17.2 Å². The third-order valence-electron chi connectivity index (χ3n) is 3.42. The average Bonchev–Trinajstić information content (AvgIpc) is 2.90. The van der Waals surface area contributed by atoms with E-state index < -0.39 is 5.91 Å². The Hall–Kier alpha value is -1.76. The highest BCUT2D eigenvalue weighted by Gasteiger charge is 2.21. The van der Waals surface area contributed by atoms with E-state index in [9.17, 15) is 4.79 Å². The van der Waals surface area contributed by atoms with E-state index in [0.717, 1.165) is 26.1 Å². The zero-order chi connectivity index (χ0) is 13.9. The molecule has 0 radical (unpaired) electrons. The van der Waals surface area contributed by atoms with Crippen LogP contribution in [0, 0.1) is 0 Å². The standard InChI is InChI=1S/C14H15N3O2S/c18-14(16-19)12-6-11-3-5-17(9-13(11)20-12)8-10-2-1-4-15-7-10/h1-2,4,6-7,19H,3,5,8-9H2,(H,16,18). The highest BCUT2D eigenvalue weighted by molar-refractivity contribution is 7.14. The zero-order valence-corrected chi connectivity index (χ0v) is 11.7. The van der Waals surface area contributed by atoms with Gasteiger partial charge in [-0.1, -0.05) is 6.07 Å². The molecule has 1 aliphatic heterocycles. The molecule has 1 amide bonds. The van der Waals surface area contributed by atoms with Gasteiger partial charge in [-0.3, -0.25) is 19.9 Å². The molecule has 0 aromatic carbocycles. The largest absolute Gasteiger partial charge is 0.294 e. The minimum Gasteiger partial charge on any atom is -0.294 e. The van der Waals surface area contributed by atoms with E-state index in [0.29, 0.717) is 4.88 Å². The number of nitrogens with one attached hydrogen (secondary N) is 1. The highest BCUT2D eigenvalue weighted by atomic mass is 32.1. The SMILES string of the molecule is O=C(NO)c1cc2c(s1)CN(Cc1cccnc1)CC2.